The Balaban J connectivity index is 1.44. The first-order valence-electron chi connectivity index (χ1n) is 9.45. The number of nitrogens with zero attached hydrogens (tertiary/aromatic N) is 4. The van der Waals surface area contributed by atoms with Gasteiger partial charge in [-0.05, 0) is 25.9 Å². The lowest BCUT2D eigenvalue weighted by Gasteiger charge is -2.39. The van der Waals surface area contributed by atoms with Gasteiger partial charge in [-0.3, -0.25) is 9.80 Å². The van der Waals surface area contributed by atoms with Gasteiger partial charge in [0.15, 0.2) is 0 Å². The topological polar surface area (TPSA) is 6.48 Å². The lowest BCUT2D eigenvalue weighted by Crippen LogP contribution is -2.54. The second kappa shape index (κ2) is 8.09. The number of hydrogen-bond acceptors (Lipinski definition) is 2. The number of hydrogen-bond donors (Lipinski definition) is 0. The molecule has 0 spiro atoms. The van der Waals surface area contributed by atoms with Gasteiger partial charge in [0.25, 0.3) is 0 Å². The van der Waals surface area contributed by atoms with Crippen LogP contribution in [0.4, 0.5) is 0 Å². The molecule has 0 aromatic heterocycles. The molecule has 0 aromatic carbocycles. The highest BCUT2D eigenvalue weighted by Crippen LogP contribution is 2.11. The number of unbranched alkanes of at least 4 members (excludes halogenated alkanes) is 3. The van der Waals surface area contributed by atoms with Crippen molar-refractivity contribution in [1.29, 1.82) is 0 Å². The van der Waals surface area contributed by atoms with Gasteiger partial charge in [0.1, 0.15) is 0 Å². The molecule has 0 amide bonds. The maximum atomic E-state index is 2.67. The number of rotatable bonds is 7. The van der Waals surface area contributed by atoms with Crippen LogP contribution in [0.5, 0.6) is 0 Å². The Hall–Kier alpha value is -0.160. The summed E-state index contributed by atoms with van der Waals surface area (Å²) in [6, 6.07) is 0. The minimum atomic E-state index is 1.21. The molecule has 0 saturated carbocycles. The average molecular weight is 313 g/mol. The van der Waals surface area contributed by atoms with Crippen LogP contribution < -0.4 is 0 Å². The zero-order valence-electron chi connectivity index (χ0n) is 15.7. The molecule has 2 rings (SSSR count). The van der Waals surface area contributed by atoms with Gasteiger partial charge in [0, 0.05) is 26.2 Å². The van der Waals surface area contributed by atoms with Crippen molar-refractivity contribution >= 4 is 0 Å². The zero-order valence-corrected chi connectivity index (χ0v) is 15.7. The van der Waals surface area contributed by atoms with E-state index in [0.717, 1.165) is 0 Å². The normalized spacial score (nSPS) is 26.2. The molecule has 130 valence electrons. The van der Waals surface area contributed by atoms with Crippen LogP contribution in [-0.2, 0) is 0 Å². The van der Waals surface area contributed by atoms with E-state index in [1.54, 1.807) is 0 Å². The highest BCUT2D eigenvalue weighted by Gasteiger charge is 2.24. The fraction of sp³-hybridized carbons (Fsp3) is 1.00. The Bertz CT molecular complexity index is 275. The van der Waals surface area contributed by atoms with E-state index >= 15 is 0 Å². The van der Waals surface area contributed by atoms with Crippen LogP contribution in [0.2, 0.25) is 0 Å². The minimum Gasteiger partial charge on any atom is -0.326 e. The van der Waals surface area contributed by atoms with E-state index < -0.39 is 0 Å². The van der Waals surface area contributed by atoms with Gasteiger partial charge in [-0.25, -0.2) is 0 Å². The van der Waals surface area contributed by atoms with Crippen molar-refractivity contribution in [2.24, 2.45) is 0 Å². The van der Waals surface area contributed by atoms with Crippen molar-refractivity contribution in [2.75, 3.05) is 93.6 Å². The van der Waals surface area contributed by atoms with Gasteiger partial charge in [0.05, 0.1) is 54.4 Å². The van der Waals surface area contributed by atoms with E-state index in [-0.39, 0.29) is 0 Å². The number of quaternary nitrogens is 2. The van der Waals surface area contributed by atoms with Gasteiger partial charge in [0.2, 0.25) is 0 Å². The molecule has 0 atom stereocenters. The molecule has 4 heteroatoms. The van der Waals surface area contributed by atoms with Crippen LogP contribution in [0, 0.1) is 0 Å². The first-order chi connectivity index (χ1) is 10.4. The summed E-state index contributed by atoms with van der Waals surface area (Å²) >= 11 is 0. The Kier molecular flexibility index (Phi) is 6.69. The first-order valence-corrected chi connectivity index (χ1v) is 9.45. The number of piperazine rings is 2. The molecule has 0 bridgehead atoms. The van der Waals surface area contributed by atoms with Crippen LogP contribution in [0.15, 0.2) is 0 Å². The highest BCUT2D eigenvalue weighted by molar-refractivity contribution is 4.64. The Labute approximate surface area is 138 Å². The van der Waals surface area contributed by atoms with Gasteiger partial charge in [-0.2, -0.15) is 0 Å². The minimum absolute atomic E-state index is 1.21. The van der Waals surface area contributed by atoms with Crippen molar-refractivity contribution in [3.8, 4) is 0 Å². The quantitative estimate of drug-likeness (QED) is 0.517. The van der Waals surface area contributed by atoms with E-state index in [1.807, 2.05) is 0 Å². The van der Waals surface area contributed by atoms with Gasteiger partial charge in [-0.15, -0.1) is 0 Å². The molecule has 22 heavy (non-hydrogen) atoms. The second-order valence-electron chi connectivity index (χ2n) is 8.86. The Morgan fingerprint density at radius 1 is 0.545 bits per heavy atom. The van der Waals surface area contributed by atoms with Gasteiger partial charge < -0.3 is 8.97 Å². The highest BCUT2D eigenvalue weighted by atomic mass is 15.4. The van der Waals surface area contributed by atoms with Crippen molar-refractivity contribution in [3.05, 3.63) is 0 Å². The molecule has 4 nitrogen and oxygen atoms in total. The average Bonchev–Trinajstić information content (AvgIpc) is 2.46. The van der Waals surface area contributed by atoms with Gasteiger partial charge in [-0.1, -0.05) is 12.8 Å². The SMILES string of the molecule is C[N+]1(C)CCN(CCCCCCN2CC[N+](C)(C)CC2)CC1. The molecular weight excluding hydrogens is 272 g/mol. The first kappa shape index (κ1) is 18.2. The van der Waals surface area contributed by atoms with E-state index in [1.165, 1.54) is 100 Å². The molecule has 0 unspecified atom stereocenters. The van der Waals surface area contributed by atoms with E-state index in [2.05, 4.69) is 38.0 Å². The van der Waals surface area contributed by atoms with Crippen LogP contribution >= 0.6 is 0 Å². The molecule has 2 saturated heterocycles. The predicted molar refractivity (Wildman–Crippen MR) is 95.0 cm³/mol. The third-order valence-electron chi connectivity index (χ3n) is 5.78. The van der Waals surface area contributed by atoms with Gasteiger partial charge >= 0.3 is 0 Å². The summed E-state index contributed by atoms with van der Waals surface area (Å²) in [6.07, 6.45) is 5.64. The molecule has 0 N–H and O–H groups in total. The summed E-state index contributed by atoms with van der Waals surface area (Å²) in [4.78, 5) is 5.35. The van der Waals surface area contributed by atoms with E-state index in [9.17, 15) is 0 Å². The number of likely N-dealkylation sites (N-methyl/N-ethyl adjacent to an activating group) is 2. The van der Waals surface area contributed by atoms with Crippen LogP contribution in [0.1, 0.15) is 25.7 Å². The second-order valence-corrected chi connectivity index (χ2v) is 8.86. The molecule has 2 aliphatic heterocycles. The largest absolute Gasteiger partial charge is 0.326 e. The lowest BCUT2D eigenvalue weighted by atomic mass is 10.1. The molecule has 0 radical (unpaired) electrons. The fourth-order valence-corrected chi connectivity index (χ4v) is 3.57. The van der Waals surface area contributed by atoms with E-state index in [4.69, 9.17) is 0 Å². The molecular formula is C18H40N4+2. The summed E-state index contributed by atoms with van der Waals surface area (Å²) in [5, 5.41) is 0. The van der Waals surface area contributed by atoms with Crippen LogP contribution in [0.3, 0.4) is 0 Å². The van der Waals surface area contributed by atoms with Crippen LogP contribution in [0.25, 0.3) is 0 Å². The Morgan fingerprint density at radius 3 is 1.18 bits per heavy atom. The zero-order chi connectivity index (χ0) is 16.1. The molecule has 0 aromatic rings. The monoisotopic (exact) mass is 312 g/mol. The summed E-state index contributed by atoms with van der Waals surface area (Å²) in [5.41, 5.74) is 0. The maximum absolute atomic E-state index is 2.67. The molecule has 2 fully saturated rings. The fourth-order valence-electron chi connectivity index (χ4n) is 3.57. The van der Waals surface area contributed by atoms with E-state index in [0.29, 0.717) is 0 Å². The van der Waals surface area contributed by atoms with Crippen molar-refractivity contribution < 1.29 is 8.97 Å². The standard InChI is InChI=1S/C18H40N4/c1-21(2)15-11-19(12-16-21)9-7-5-6-8-10-20-13-17-22(3,4)18-14-20/h5-18H2,1-4H3/q+2. The third-order valence-corrected chi connectivity index (χ3v) is 5.78. The summed E-state index contributed by atoms with van der Waals surface area (Å²) in [6.45, 7) is 13.2. The van der Waals surface area contributed by atoms with Crippen LogP contribution in [-0.4, -0.2) is 112 Å². The third kappa shape index (κ3) is 6.53. The van der Waals surface area contributed by atoms with Crippen molar-refractivity contribution in [2.45, 2.75) is 25.7 Å². The molecule has 0 aliphatic carbocycles. The summed E-state index contributed by atoms with van der Waals surface area (Å²) in [7, 11) is 9.44. The van der Waals surface area contributed by atoms with Crippen molar-refractivity contribution in [1.82, 2.24) is 9.80 Å². The lowest BCUT2D eigenvalue weighted by molar-refractivity contribution is -0.894. The van der Waals surface area contributed by atoms with Crippen molar-refractivity contribution in [3.63, 3.8) is 0 Å². The molecule has 2 heterocycles. The maximum Gasteiger partial charge on any atom is 0.0912 e. The summed E-state index contributed by atoms with van der Waals surface area (Å²) in [5.74, 6) is 0. The Morgan fingerprint density at radius 2 is 0.864 bits per heavy atom. The smallest absolute Gasteiger partial charge is 0.0912 e. The molecule has 2 aliphatic rings. The predicted octanol–water partition coefficient (Wildman–Crippen LogP) is 1.33. The summed E-state index contributed by atoms with van der Waals surface area (Å²) < 4.78 is 2.42.